The lowest BCUT2D eigenvalue weighted by atomic mass is 9.99. The van der Waals surface area contributed by atoms with Crippen LogP contribution in [0.15, 0.2) is 47.4 Å². The molecule has 1 fully saturated rings. The van der Waals surface area contributed by atoms with Gasteiger partial charge in [0, 0.05) is 25.7 Å². The van der Waals surface area contributed by atoms with Gasteiger partial charge in [0.25, 0.3) is 0 Å². The Hall–Kier alpha value is -2.65. The number of ether oxygens (including phenoxy) is 2. The number of nitrogens with one attached hydrogen (secondary N) is 1. The third-order valence-corrected chi connectivity index (χ3v) is 6.99. The van der Waals surface area contributed by atoms with Crippen LogP contribution in [0.4, 0.5) is 4.39 Å². The van der Waals surface area contributed by atoms with E-state index in [-0.39, 0.29) is 29.7 Å². The third kappa shape index (κ3) is 4.91. The molecule has 1 N–H and O–H groups in total. The standard InChI is InChI=1S/C21H25FN2O5S/c1-28-19-10-9-18(12-20(19)29-2)30(26,27)24-11-3-4-16(14-24)21(25)23-13-15-5-7-17(22)8-6-15/h5-10,12,16H,3-4,11,13-14H2,1-2H3,(H,23,25). The van der Waals surface area contributed by atoms with Crippen molar-refractivity contribution in [2.75, 3.05) is 27.3 Å². The highest BCUT2D eigenvalue weighted by Crippen LogP contribution is 2.32. The van der Waals surface area contributed by atoms with Gasteiger partial charge < -0.3 is 14.8 Å². The first-order valence-corrected chi connectivity index (χ1v) is 11.0. The lowest BCUT2D eigenvalue weighted by Crippen LogP contribution is -2.45. The van der Waals surface area contributed by atoms with Gasteiger partial charge in [-0.05, 0) is 42.7 Å². The van der Waals surface area contributed by atoms with E-state index < -0.39 is 15.9 Å². The molecule has 0 bridgehead atoms. The molecular weight excluding hydrogens is 411 g/mol. The van der Waals surface area contributed by atoms with Gasteiger partial charge >= 0.3 is 0 Å². The average molecular weight is 437 g/mol. The van der Waals surface area contributed by atoms with Crippen LogP contribution >= 0.6 is 0 Å². The van der Waals surface area contributed by atoms with Gasteiger partial charge in [-0.15, -0.1) is 0 Å². The predicted octanol–water partition coefficient (Wildman–Crippen LogP) is 2.56. The lowest BCUT2D eigenvalue weighted by molar-refractivity contribution is -0.126. The largest absolute Gasteiger partial charge is 0.493 e. The number of rotatable bonds is 7. The van der Waals surface area contributed by atoms with Crippen LogP contribution in [0.1, 0.15) is 18.4 Å². The zero-order chi connectivity index (χ0) is 21.7. The molecule has 0 aromatic heterocycles. The van der Waals surface area contributed by atoms with Gasteiger partial charge in [-0.2, -0.15) is 4.31 Å². The van der Waals surface area contributed by atoms with Crippen molar-refractivity contribution in [1.82, 2.24) is 9.62 Å². The normalized spacial score (nSPS) is 17.4. The van der Waals surface area contributed by atoms with E-state index in [9.17, 15) is 17.6 Å². The van der Waals surface area contributed by atoms with Crippen LogP contribution in [0, 0.1) is 11.7 Å². The summed E-state index contributed by atoms with van der Waals surface area (Å²) < 4.78 is 50.9. The molecule has 9 heteroatoms. The number of hydrogen-bond acceptors (Lipinski definition) is 5. The predicted molar refractivity (Wildman–Crippen MR) is 109 cm³/mol. The fraction of sp³-hybridized carbons (Fsp3) is 0.381. The van der Waals surface area contributed by atoms with E-state index in [0.29, 0.717) is 30.9 Å². The summed E-state index contributed by atoms with van der Waals surface area (Å²) in [5.74, 6) is -0.244. The number of hydrogen-bond donors (Lipinski definition) is 1. The molecule has 7 nitrogen and oxygen atoms in total. The van der Waals surface area contributed by atoms with E-state index >= 15 is 0 Å². The second-order valence-corrected chi connectivity index (χ2v) is 9.00. The van der Waals surface area contributed by atoms with Crippen molar-refractivity contribution in [1.29, 1.82) is 0 Å². The summed E-state index contributed by atoms with van der Waals surface area (Å²) in [4.78, 5) is 12.7. The van der Waals surface area contributed by atoms with Crippen molar-refractivity contribution in [3.63, 3.8) is 0 Å². The Bertz CT molecular complexity index is 995. The number of methoxy groups -OCH3 is 2. The van der Waals surface area contributed by atoms with Crippen LogP contribution in [0.3, 0.4) is 0 Å². The number of amides is 1. The molecule has 2 aromatic rings. The number of sulfonamides is 1. The van der Waals surface area contributed by atoms with Crippen molar-refractivity contribution in [2.24, 2.45) is 5.92 Å². The number of carbonyl (C=O) groups excluding carboxylic acids is 1. The quantitative estimate of drug-likeness (QED) is 0.721. The Kier molecular flexibility index (Phi) is 6.94. The van der Waals surface area contributed by atoms with Crippen molar-refractivity contribution in [3.05, 3.63) is 53.8 Å². The summed E-state index contributed by atoms with van der Waals surface area (Å²) in [6, 6.07) is 10.3. The zero-order valence-corrected chi connectivity index (χ0v) is 17.7. The van der Waals surface area contributed by atoms with Crippen LogP contribution in [-0.2, 0) is 21.4 Å². The van der Waals surface area contributed by atoms with E-state index in [1.807, 2.05) is 0 Å². The lowest BCUT2D eigenvalue weighted by Gasteiger charge is -2.31. The van der Waals surface area contributed by atoms with Crippen LogP contribution in [0.2, 0.25) is 0 Å². The molecule has 3 rings (SSSR count). The summed E-state index contributed by atoms with van der Waals surface area (Å²) in [6.45, 7) is 0.711. The second kappa shape index (κ2) is 9.44. The van der Waals surface area contributed by atoms with Crippen LogP contribution in [0.25, 0.3) is 0 Å². The second-order valence-electron chi connectivity index (χ2n) is 7.06. The molecule has 0 spiro atoms. The minimum absolute atomic E-state index is 0.0903. The first kappa shape index (κ1) is 22.0. The first-order valence-electron chi connectivity index (χ1n) is 9.59. The van der Waals surface area contributed by atoms with Gasteiger partial charge in [0.2, 0.25) is 15.9 Å². The summed E-state index contributed by atoms with van der Waals surface area (Å²) >= 11 is 0. The van der Waals surface area contributed by atoms with Crippen molar-refractivity contribution in [2.45, 2.75) is 24.3 Å². The molecule has 1 saturated heterocycles. The molecule has 30 heavy (non-hydrogen) atoms. The van der Waals surface area contributed by atoms with Gasteiger partial charge in [0.15, 0.2) is 11.5 Å². The number of carbonyl (C=O) groups is 1. The van der Waals surface area contributed by atoms with Gasteiger partial charge in [0.05, 0.1) is 25.0 Å². The number of nitrogens with zero attached hydrogens (tertiary/aromatic N) is 1. The van der Waals surface area contributed by atoms with E-state index in [4.69, 9.17) is 9.47 Å². The van der Waals surface area contributed by atoms with Gasteiger partial charge in [-0.1, -0.05) is 12.1 Å². The maximum atomic E-state index is 13.1. The highest BCUT2D eigenvalue weighted by Gasteiger charge is 2.33. The minimum Gasteiger partial charge on any atom is -0.493 e. The molecule has 1 aliphatic heterocycles. The topological polar surface area (TPSA) is 84.9 Å². The average Bonchev–Trinajstić information content (AvgIpc) is 2.78. The molecular formula is C21H25FN2O5S. The molecule has 1 amide bonds. The Morgan fingerprint density at radius 1 is 1.13 bits per heavy atom. The first-order chi connectivity index (χ1) is 14.3. The van der Waals surface area contributed by atoms with E-state index in [1.54, 1.807) is 18.2 Å². The molecule has 1 atom stereocenters. The summed E-state index contributed by atoms with van der Waals surface area (Å²) in [5, 5.41) is 2.81. The molecule has 1 unspecified atom stereocenters. The zero-order valence-electron chi connectivity index (χ0n) is 16.9. The molecule has 0 aliphatic carbocycles. The molecule has 1 heterocycles. The molecule has 2 aromatic carbocycles. The Balaban J connectivity index is 1.68. The summed E-state index contributed by atoms with van der Waals surface area (Å²) in [5.41, 5.74) is 0.773. The Morgan fingerprint density at radius 3 is 2.50 bits per heavy atom. The van der Waals surface area contributed by atoms with Crippen LogP contribution in [-0.4, -0.2) is 45.9 Å². The smallest absolute Gasteiger partial charge is 0.243 e. The van der Waals surface area contributed by atoms with E-state index in [0.717, 1.165) is 5.56 Å². The molecule has 1 aliphatic rings. The minimum atomic E-state index is -3.78. The van der Waals surface area contributed by atoms with Gasteiger partial charge in [0.1, 0.15) is 5.82 Å². The Morgan fingerprint density at radius 2 is 1.83 bits per heavy atom. The number of piperidine rings is 1. The van der Waals surface area contributed by atoms with Crippen LogP contribution < -0.4 is 14.8 Å². The van der Waals surface area contributed by atoms with Crippen molar-refractivity contribution >= 4 is 15.9 Å². The van der Waals surface area contributed by atoms with Gasteiger partial charge in [-0.25, -0.2) is 12.8 Å². The fourth-order valence-electron chi connectivity index (χ4n) is 3.44. The SMILES string of the molecule is COc1ccc(S(=O)(=O)N2CCCC(C(=O)NCc3ccc(F)cc3)C2)cc1OC. The van der Waals surface area contributed by atoms with E-state index in [1.165, 1.54) is 42.8 Å². The monoisotopic (exact) mass is 436 g/mol. The van der Waals surface area contributed by atoms with Crippen LogP contribution in [0.5, 0.6) is 11.5 Å². The maximum Gasteiger partial charge on any atom is 0.243 e. The maximum absolute atomic E-state index is 13.1. The Labute approximate surface area is 175 Å². The molecule has 0 radical (unpaired) electrons. The number of halogens is 1. The highest BCUT2D eigenvalue weighted by molar-refractivity contribution is 7.89. The third-order valence-electron chi connectivity index (χ3n) is 5.13. The van der Waals surface area contributed by atoms with Crippen molar-refractivity contribution in [3.8, 4) is 11.5 Å². The summed E-state index contributed by atoms with van der Waals surface area (Å²) in [6.07, 6.45) is 1.19. The summed E-state index contributed by atoms with van der Waals surface area (Å²) in [7, 11) is -0.863. The fourth-order valence-corrected chi connectivity index (χ4v) is 4.98. The van der Waals surface area contributed by atoms with E-state index in [2.05, 4.69) is 5.32 Å². The number of benzene rings is 2. The van der Waals surface area contributed by atoms with Crippen molar-refractivity contribution < 1.29 is 27.1 Å². The molecule has 0 saturated carbocycles. The molecule has 162 valence electrons. The highest BCUT2D eigenvalue weighted by atomic mass is 32.2. The van der Waals surface area contributed by atoms with Gasteiger partial charge in [-0.3, -0.25) is 4.79 Å².